The van der Waals surface area contributed by atoms with E-state index < -0.39 is 0 Å². The van der Waals surface area contributed by atoms with E-state index >= 15 is 0 Å². The van der Waals surface area contributed by atoms with Crippen molar-refractivity contribution in [3.8, 4) is 0 Å². The average Bonchev–Trinajstić information content (AvgIpc) is 2.83. The Labute approximate surface area is 169 Å². The van der Waals surface area contributed by atoms with Crippen molar-refractivity contribution >= 4 is 32.3 Å². The first-order valence-corrected chi connectivity index (χ1v) is 10.2. The van der Waals surface area contributed by atoms with Crippen molar-refractivity contribution in [3.05, 3.63) is 109 Å². The standard InChI is InChI=1S/C18H12.C6H6.2C2H6/c1-3-7-15-13(5-1)9-11-18-16-8-4-2-6-14(16)10-12-17(15)18;1-2-4-6-5-3-1;2*1-2/h1-12H;1-6H;2*1-2H3. The van der Waals surface area contributed by atoms with Crippen LogP contribution in [0.25, 0.3) is 32.3 Å². The summed E-state index contributed by atoms with van der Waals surface area (Å²) in [6, 6.07) is 38.0. The summed E-state index contributed by atoms with van der Waals surface area (Å²) in [5.74, 6) is 0. The Balaban J connectivity index is 0.000000237. The molecule has 0 N–H and O–H groups in total. The minimum atomic E-state index is 1.31. The Morgan fingerprint density at radius 2 is 0.607 bits per heavy atom. The molecule has 0 saturated carbocycles. The topological polar surface area (TPSA) is 0 Å². The van der Waals surface area contributed by atoms with E-state index in [4.69, 9.17) is 0 Å². The van der Waals surface area contributed by atoms with Crippen LogP contribution in [0.3, 0.4) is 0 Å². The summed E-state index contributed by atoms with van der Waals surface area (Å²) < 4.78 is 0. The van der Waals surface area contributed by atoms with Gasteiger partial charge in [-0.3, -0.25) is 0 Å². The maximum Gasteiger partial charge on any atom is -0.00990 e. The fourth-order valence-corrected chi connectivity index (χ4v) is 3.16. The molecule has 142 valence electrons. The van der Waals surface area contributed by atoms with Gasteiger partial charge in [0.25, 0.3) is 0 Å². The molecule has 0 spiro atoms. The third-order valence-corrected chi connectivity index (χ3v) is 4.32. The first-order valence-electron chi connectivity index (χ1n) is 10.2. The van der Waals surface area contributed by atoms with Crippen molar-refractivity contribution in [2.45, 2.75) is 27.7 Å². The Morgan fingerprint density at radius 1 is 0.286 bits per heavy atom. The lowest BCUT2D eigenvalue weighted by Gasteiger charge is -2.07. The average molecular weight is 367 g/mol. The summed E-state index contributed by atoms with van der Waals surface area (Å²) in [4.78, 5) is 0. The zero-order valence-electron chi connectivity index (χ0n) is 17.4. The fourth-order valence-electron chi connectivity index (χ4n) is 3.16. The van der Waals surface area contributed by atoms with Gasteiger partial charge in [-0.05, 0) is 32.3 Å². The highest BCUT2D eigenvalue weighted by atomic mass is 14.1. The molecule has 5 rings (SSSR count). The molecule has 0 heteroatoms. The van der Waals surface area contributed by atoms with Crippen molar-refractivity contribution in [1.29, 1.82) is 0 Å². The van der Waals surface area contributed by atoms with Gasteiger partial charge in [0.15, 0.2) is 0 Å². The lowest BCUT2D eigenvalue weighted by Crippen LogP contribution is -1.79. The second kappa shape index (κ2) is 11.6. The predicted molar refractivity (Wildman–Crippen MR) is 128 cm³/mol. The number of hydrogen-bond donors (Lipinski definition) is 0. The summed E-state index contributed by atoms with van der Waals surface area (Å²) in [5.41, 5.74) is 0. The molecule has 0 aliphatic rings. The van der Waals surface area contributed by atoms with Crippen LogP contribution in [0.15, 0.2) is 109 Å². The van der Waals surface area contributed by atoms with Crippen LogP contribution in [-0.4, -0.2) is 0 Å². The molecule has 5 aromatic carbocycles. The lowest BCUT2D eigenvalue weighted by molar-refractivity contribution is 1.50. The molecule has 0 fully saturated rings. The highest BCUT2D eigenvalue weighted by molar-refractivity contribution is 6.17. The third-order valence-electron chi connectivity index (χ3n) is 4.32. The molecule has 0 atom stereocenters. The van der Waals surface area contributed by atoms with E-state index in [0.717, 1.165) is 0 Å². The minimum absolute atomic E-state index is 1.31. The molecule has 0 aliphatic heterocycles. The van der Waals surface area contributed by atoms with Crippen LogP contribution in [0.1, 0.15) is 27.7 Å². The molecular weight excluding hydrogens is 336 g/mol. The van der Waals surface area contributed by atoms with Gasteiger partial charge in [-0.25, -0.2) is 0 Å². The SMILES string of the molecule is CC.CC.c1ccc2c(c1)ccc1c3ccccc3ccc21.c1ccccc1. The van der Waals surface area contributed by atoms with E-state index in [9.17, 15) is 0 Å². The van der Waals surface area contributed by atoms with E-state index in [0.29, 0.717) is 0 Å². The van der Waals surface area contributed by atoms with Gasteiger partial charge in [0.1, 0.15) is 0 Å². The molecule has 0 nitrogen and oxygen atoms in total. The van der Waals surface area contributed by atoms with Gasteiger partial charge in [0.05, 0.1) is 0 Å². The van der Waals surface area contributed by atoms with Gasteiger partial charge >= 0.3 is 0 Å². The maximum absolute atomic E-state index is 2.24. The van der Waals surface area contributed by atoms with Crippen molar-refractivity contribution in [3.63, 3.8) is 0 Å². The summed E-state index contributed by atoms with van der Waals surface area (Å²) in [6.45, 7) is 8.00. The Bertz CT molecular complexity index is 990. The molecule has 0 radical (unpaired) electrons. The monoisotopic (exact) mass is 366 g/mol. The van der Waals surface area contributed by atoms with E-state index in [1.54, 1.807) is 0 Å². The maximum atomic E-state index is 2.24. The number of rotatable bonds is 0. The first kappa shape index (κ1) is 21.2. The second-order valence-electron chi connectivity index (χ2n) is 5.82. The molecule has 5 aromatic rings. The first-order chi connectivity index (χ1) is 13.9. The van der Waals surface area contributed by atoms with Gasteiger partial charge in [-0.1, -0.05) is 137 Å². The van der Waals surface area contributed by atoms with Gasteiger partial charge in [0.2, 0.25) is 0 Å². The van der Waals surface area contributed by atoms with Crippen LogP contribution < -0.4 is 0 Å². The quantitative estimate of drug-likeness (QED) is 0.240. The number of fused-ring (bicyclic) bond motifs is 5. The smallest absolute Gasteiger partial charge is 0.00990 e. The van der Waals surface area contributed by atoms with Crippen molar-refractivity contribution in [2.75, 3.05) is 0 Å². The molecule has 0 amide bonds. The zero-order valence-corrected chi connectivity index (χ0v) is 17.4. The Morgan fingerprint density at radius 3 is 0.964 bits per heavy atom. The Hall–Kier alpha value is -3.12. The number of hydrogen-bond acceptors (Lipinski definition) is 0. The van der Waals surface area contributed by atoms with E-state index in [2.05, 4.69) is 72.8 Å². The highest BCUT2D eigenvalue weighted by Gasteiger charge is 2.03. The van der Waals surface area contributed by atoms with Crippen LogP contribution in [0, 0.1) is 0 Å². The van der Waals surface area contributed by atoms with Gasteiger partial charge in [-0.2, -0.15) is 0 Å². The molecule has 0 saturated heterocycles. The normalized spacial score (nSPS) is 9.43. The predicted octanol–water partition coefficient (Wildman–Crippen LogP) is 8.89. The fraction of sp³-hybridized carbons (Fsp3) is 0.143. The van der Waals surface area contributed by atoms with Gasteiger partial charge in [-0.15, -0.1) is 0 Å². The summed E-state index contributed by atoms with van der Waals surface area (Å²) >= 11 is 0. The molecule has 0 aromatic heterocycles. The van der Waals surface area contributed by atoms with Crippen LogP contribution >= 0.6 is 0 Å². The van der Waals surface area contributed by atoms with E-state index in [-0.39, 0.29) is 0 Å². The van der Waals surface area contributed by atoms with Crippen LogP contribution in [0.4, 0.5) is 0 Å². The molecule has 0 unspecified atom stereocenters. The van der Waals surface area contributed by atoms with Gasteiger partial charge in [0, 0.05) is 0 Å². The zero-order chi connectivity index (χ0) is 20.2. The summed E-state index contributed by atoms with van der Waals surface area (Å²) in [6.07, 6.45) is 0. The highest BCUT2D eigenvalue weighted by Crippen LogP contribution is 2.30. The van der Waals surface area contributed by atoms with Crippen molar-refractivity contribution in [2.24, 2.45) is 0 Å². The third kappa shape index (κ3) is 4.98. The second-order valence-corrected chi connectivity index (χ2v) is 5.82. The molecular formula is C28H30. The minimum Gasteiger partial charge on any atom is -0.0683 e. The largest absolute Gasteiger partial charge is 0.0683 e. The molecule has 0 heterocycles. The van der Waals surface area contributed by atoms with Crippen LogP contribution in [0.5, 0.6) is 0 Å². The molecule has 0 bridgehead atoms. The van der Waals surface area contributed by atoms with Crippen LogP contribution in [-0.2, 0) is 0 Å². The van der Waals surface area contributed by atoms with Gasteiger partial charge < -0.3 is 0 Å². The van der Waals surface area contributed by atoms with Crippen molar-refractivity contribution < 1.29 is 0 Å². The van der Waals surface area contributed by atoms with Crippen LogP contribution in [0.2, 0.25) is 0 Å². The van der Waals surface area contributed by atoms with E-state index in [1.165, 1.54) is 32.3 Å². The number of benzene rings is 5. The molecule has 28 heavy (non-hydrogen) atoms. The van der Waals surface area contributed by atoms with Crippen molar-refractivity contribution in [1.82, 2.24) is 0 Å². The molecule has 0 aliphatic carbocycles. The summed E-state index contributed by atoms with van der Waals surface area (Å²) in [5, 5.41) is 7.96. The summed E-state index contributed by atoms with van der Waals surface area (Å²) in [7, 11) is 0. The lowest BCUT2D eigenvalue weighted by atomic mass is 9.97. The van der Waals surface area contributed by atoms with E-state index in [1.807, 2.05) is 64.1 Å². The Kier molecular flexibility index (Phi) is 8.75.